The molecule has 3 aliphatic heterocycles. The van der Waals surface area contributed by atoms with Crippen LogP contribution >= 0.6 is 11.6 Å². The summed E-state index contributed by atoms with van der Waals surface area (Å²) in [5.41, 5.74) is 3.43. The van der Waals surface area contributed by atoms with E-state index in [0.29, 0.717) is 32.7 Å². The van der Waals surface area contributed by atoms with Gasteiger partial charge in [-0.2, -0.15) is 0 Å². The van der Waals surface area contributed by atoms with Crippen LogP contribution in [0.5, 0.6) is 17.2 Å². The highest BCUT2D eigenvalue weighted by Crippen LogP contribution is 2.40. The first-order valence-electron chi connectivity index (χ1n) is 9.43. The van der Waals surface area contributed by atoms with Crippen molar-refractivity contribution in [2.24, 2.45) is 0 Å². The molecule has 1 unspecified atom stereocenters. The van der Waals surface area contributed by atoms with Crippen molar-refractivity contribution in [3.63, 3.8) is 0 Å². The van der Waals surface area contributed by atoms with E-state index in [1.165, 1.54) is 12.0 Å². The lowest BCUT2D eigenvalue weighted by Crippen LogP contribution is -2.24. The minimum Gasteiger partial charge on any atom is -0.486 e. The zero-order chi connectivity index (χ0) is 18.2. The first kappa shape index (κ1) is 17.2. The predicted molar refractivity (Wildman–Crippen MR) is 102 cm³/mol. The Morgan fingerprint density at radius 3 is 2.85 bits per heavy atom. The van der Waals surface area contributed by atoms with Crippen LogP contribution < -0.4 is 14.2 Å². The maximum absolute atomic E-state index is 6.34. The van der Waals surface area contributed by atoms with Crippen molar-refractivity contribution >= 4 is 11.6 Å². The van der Waals surface area contributed by atoms with Gasteiger partial charge in [-0.3, -0.25) is 4.90 Å². The second kappa shape index (κ2) is 7.23. The molecule has 0 radical (unpaired) electrons. The minimum atomic E-state index is 0.299. The number of hydrogen-bond donors (Lipinski definition) is 0. The van der Waals surface area contributed by atoms with Crippen LogP contribution in [0, 0.1) is 0 Å². The molecular weight excluding hydrogens is 366 g/mol. The maximum atomic E-state index is 6.34. The summed E-state index contributed by atoms with van der Waals surface area (Å²) in [6.45, 7) is 3.94. The van der Waals surface area contributed by atoms with Crippen LogP contribution in [0.25, 0.3) is 0 Å². The highest BCUT2D eigenvalue weighted by Gasteiger charge is 2.29. The van der Waals surface area contributed by atoms with Crippen LogP contribution in [0.2, 0.25) is 5.02 Å². The summed E-state index contributed by atoms with van der Waals surface area (Å²) in [6.07, 6.45) is 2.30. The fourth-order valence-corrected chi connectivity index (χ4v) is 4.52. The molecule has 142 valence electrons. The zero-order valence-corrected chi connectivity index (χ0v) is 15.8. The van der Waals surface area contributed by atoms with E-state index in [4.69, 9.17) is 30.5 Å². The van der Waals surface area contributed by atoms with Gasteiger partial charge < -0.3 is 18.9 Å². The molecular formula is C21H22ClNO4. The molecule has 0 N–H and O–H groups in total. The lowest BCUT2D eigenvalue weighted by atomic mass is 10.0. The molecule has 0 amide bonds. The van der Waals surface area contributed by atoms with Crippen LogP contribution in [-0.4, -0.2) is 31.5 Å². The van der Waals surface area contributed by atoms with Gasteiger partial charge in [0.15, 0.2) is 18.3 Å². The highest BCUT2D eigenvalue weighted by atomic mass is 35.5. The van der Waals surface area contributed by atoms with Gasteiger partial charge in [-0.05, 0) is 49.2 Å². The Labute approximate surface area is 163 Å². The van der Waals surface area contributed by atoms with Gasteiger partial charge in [-0.25, -0.2) is 0 Å². The molecule has 2 aromatic carbocycles. The van der Waals surface area contributed by atoms with E-state index >= 15 is 0 Å². The Morgan fingerprint density at radius 2 is 1.93 bits per heavy atom. The summed E-state index contributed by atoms with van der Waals surface area (Å²) in [4.78, 5) is 2.50. The highest BCUT2D eigenvalue weighted by molar-refractivity contribution is 6.30. The fraction of sp³-hybridized carbons (Fsp3) is 0.429. The molecule has 1 atom stereocenters. The van der Waals surface area contributed by atoms with Gasteiger partial charge in [0.2, 0.25) is 0 Å². The fourth-order valence-electron chi connectivity index (χ4n) is 4.25. The zero-order valence-electron chi connectivity index (χ0n) is 15.1. The van der Waals surface area contributed by atoms with Crippen molar-refractivity contribution in [1.29, 1.82) is 0 Å². The lowest BCUT2D eigenvalue weighted by Gasteiger charge is -2.28. The summed E-state index contributed by atoms with van der Waals surface area (Å²) in [5.74, 6) is 2.62. The molecule has 3 heterocycles. The largest absolute Gasteiger partial charge is 0.486 e. The van der Waals surface area contributed by atoms with Crippen molar-refractivity contribution in [3.05, 3.63) is 52.0 Å². The minimum absolute atomic E-state index is 0.299. The third kappa shape index (κ3) is 3.35. The van der Waals surface area contributed by atoms with E-state index in [1.54, 1.807) is 0 Å². The number of nitrogens with zero attached hydrogens (tertiary/aromatic N) is 1. The van der Waals surface area contributed by atoms with Crippen molar-refractivity contribution in [2.75, 3.05) is 26.6 Å². The average molecular weight is 388 g/mol. The van der Waals surface area contributed by atoms with Crippen molar-refractivity contribution in [3.8, 4) is 17.2 Å². The lowest BCUT2D eigenvalue weighted by molar-refractivity contribution is -0.0175. The summed E-state index contributed by atoms with van der Waals surface area (Å²) in [6, 6.07) is 10.6. The third-order valence-electron chi connectivity index (χ3n) is 5.44. The Balaban J connectivity index is 1.42. The molecule has 0 aliphatic carbocycles. The van der Waals surface area contributed by atoms with Crippen molar-refractivity contribution in [1.82, 2.24) is 4.90 Å². The molecule has 5 rings (SSSR count). The third-order valence-corrected chi connectivity index (χ3v) is 5.66. The van der Waals surface area contributed by atoms with Crippen LogP contribution in [0.1, 0.15) is 35.6 Å². The number of benzene rings is 2. The topological polar surface area (TPSA) is 40.2 Å². The number of likely N-dealkylation sites (tertiary alicyclic amines) is 1. The normalized spacial score (nSPS) is 21.6. The molecule has 0 spiro atoms. The van der Waals surface area contributed by atoms with Gasteiger partial charge in [-0.1, -0.05) is 17.7 Å². The molecule has 2 aromatic rings. The van der Waals surface area contributed by atoms with Gasteiger partial charge in [-0.15, -0.1) is 0 Å². The molecule has 5 nitrogen and oxygen atoms in total. The average Bonchev–Trinajstić information content (AvgIpc) is 3.15. The van der Waals surface area contributed by atoms with Crippen LogP contribution in [0.15, 0.2) is 30.3 Å². The van der Waals surface area contributed by atoms with Gasteiger partial charge in [0.25, 0.3) is 0 Å². The summed E-state index contributed by atoms with van der Waals surface area (Å²) < 4.78 is 22.6. The monoisotopic (exact) mass is 387 g/mol. The first-order valence-corrected chi connectivity index (χ1v) is 9.81. The van der Waals surface area contributed by atoms with Crippen molar-refractivity contribution < 1.29 is 18.9 Å². The predicted octanol–water partition coefficient (Wildman–Crippen LogP) is 4.31. The molecule has 0 aromatic heterocycles. The van der Waals surface area contributed by atoms with Gasteiger partial charge >= 0.3 is 0 Å². The molecule has 0 bridgehead atoms. The summed E-state index contributed by atoms with van der Waals surface area (Å²) in [7, 11) is 0. The number of hydrogen-bond acceptors (Lipinski definition) is 5. The standard InChI is InChI=1S/C21H22ClNO4/c22-17-8-15(21-16(9-17)12-24-13-27-21)11-23-5-1-2-18(23)14-3-4-19-20(10-14)26-7-6-25-19/h3-4,8-10,18H,1-2,5-7,11-13H2. The quantitative estimate of drug-likeness (QED) is 0.784. The van der Waals surface area contributed by atoms with E-state index < -0.39 is 0 Å². The second-order valence-electron chi connectivity index (χ2n) is 7.20. The van der Waals surface area contributed by atoms with E-state index in [2.05, 4.69) is 17.0 Å². The number of ether oxygens (including phenoxy) is 4. The van der Waals surface area contributed by atoms with Gasteiger partial charge in [0, 0.05) is 28.7 Å². The first-order chi connectivity index (χ1) is 13.3. The Morgan fingerprint density at radius 1 is 1.04 bits per heavy atom. The Kier molecular flexibility index (Phi) is 4.60. The van der Waals surface area contributed by atoms with Crippen LogP contribution in [-0.2, 0) is 17.9 Å². The van der Waals surface area contributed by atoms with Gasteiger partial charge in [0.1, 0.15) is 19.0 Å². The van der Waals surface area contributed by atoms with E-state index in [0.717, 1.165) is 52.9 Å². The number of halogens is 1. The van der Waals surface area contributed by atoms with E-state index in [9.17, 15) is 0 Å². The van der Waals surface area contributed by atoms with Crippen molar-refractivity contribution in [2.45, 2.75) is 32.0 Å². The second-order valence-corrected chi connectivity index (χ2v) is 7.63. The van der Waals surface area contributed by atoms with E-state index in [-0.39, 0.29) is 0 Å². The molecule has 0 saturated carbocycles. The molecule has 27 heavy (non-hydrogen) atoms. The maximum Gasteiger partial charge on any atom is 0.189 e. The number of fused-ring (bicyclic) bond motifs is 2. The molecule has 6 heteroatoms. The molecule has 1 fully saturated rings. The Bertz CT molecular complexity index is 856. The summed E-state index contributed by atoms with van der Waals surface area (Å²) in [5, 5.41) is 0.730. The summed E-state index contributed by atoms with van der Waals surface area (Å²) >= 11 is 6.34. The van der Waals surface area contributed by atoms with Crippen LogP contribution in [0.3, 0.4) is 0 Å². The van der Waals surface area contributed by atoms with Gasteiger partial charge in [0.05, 0.1) is 6.61 Å². The number of rotatable bonds is 3. The SMILES string of the molecule is Clc1cc2c(c(CN3CCCC3c3ccc4c(c3)OCCO4)c1)OCOC2. The Hall–Kier alpha value is -1.95. The smallest absolute Gasteiger partial charge is 0.189 e. The molecule has 3 aliphatic rings. The van der Waals surface area contributed by atoms with Crippen LogP contribution in [0.4, 0.5) is 0 Å². The molecule has 1 saturated heterocycles. The van der Waals surface area contributed by atoms with E-state index in [1.807, 2.05) is 18.2 Å².